The van der Waals surface area contributed by atoms with Gasteiger partial charge in [0.1, 0.15) is 23.0 Å². The van der Waals surface area contributed by atoms with Crippen LogP contribution >= 0.6 is 0 Å². The van der Waals surface area contributed by atoms with Crippen LogP contribution < -0.4 is 0 Å². The highest BCUT2D eigenvalue weighted by molar-refractivity contribution is 5.66. The molecular formula is C26H18F6. The minimum Gasteiger partial charge on any atom is -0.206 e. The highest BCUT2D eigenvalue weighted by atomic mass is 19.4. The number of aryl methyl sites for hydroxylation is 1. The first-order chi connectivity index (χ1) is 15.2. The molecule has 0 saturated heterocycles. The third-order valence-corrected chi connectivity index (χ3v) is 4.75. The molecule has 0 unspecified atom stereocenters. The Morgan fingerprint density at radius 3 is 1.94 bits per heavy atom. The highest BCUT2D eigenvalue weighted by Crippen LogP contribution is 2.36. The second-order valence-corrected chi connectivity index (χ2v) is 7.06. The fraction of sp³-hybridized carbons (Fsp3) is 0.154. The number of rotatable bonds is 4. The average molecular weight is 444 g/mol. The molecule has 3 aromatic rings. The summed E-state index contributed by atoms with van der Waals surface area (Å²) >= 11 is 0. The molecule has 0 aliphatic heterocycles. The molecule has 6 heteroatoms. The molecule has 0 aliphatic carbocycles. The quantitative estimate of drug-likeness (QED) is 0.220. The zero-order chi connectivity index (χ0) is 23.3. The highest BCUT2D eigenvalue weighted by Gasteiger charge is 2.38. The van der Waals surface area contributed by atoms with E-state index >= 15 is 0 Å². The molecule has 0 spiro atoms. The van der Waals surface area contributed by atoms with Gasteiger partial charge >= 0.3 is 6.18 Å². The maximum absolute atomic E-state index is 14.5. The Balaban J connectivity index is 1.81. The van der Waals surface area contributed by atoms with E-state index in [0.29, 0.717) is 17.7 Å². The van der Waals surface area contributed by atoms with E-state index in [1.807, 2.05) is 37.3 Å². The Bertz CT molecular complexity index is 1170. The van der Waals surface area contributed by atoms with Gasteiger partial charge in [0.15, 0.2) is 0 Å². The fourth-order valence-electron chi connectivity index (χ4n) is 3.14. The summed E-state index contributed by atoms with van der Waals surface area (Å²) in [6, 6.07) is 12.3. The molecule has 0 nitrogen and oxygen atoms in total. The molecule has 0 heterocycles. The molecular weight excluding hydrogens is 426 g/mol. The molecule has 0 bridgehead atoms. The zero-order valence-corrected chi connectivity index (χ0v) is 17.0. The van der Waals surface area contributed by atoms with Gasteiger partial charge in [-0.05, 0) is 67.3 Å². The standard InChI is InChI=1S/C26H18F6/c1-2-3-4-5-17-6-8-18(9-7-17)10-11-19-12-13-21(22(27)14-19)20-15-23(28)25(24(29)16-20)26(30,31)32/h2-3,6-9,12-16H,4-5H2,1H3/b3-2+. The summed E-state index contributed by atoms with van der Waals surface area (Å²) in [5.41, 5.74) is -0.351. The van der Waals surface area contributed by atoms with Gasteiger partial charge in [0, 0.05) is 16.7 Å². The van der Waals surface area contributed by atoms with Crippen LogP contribution in [0.15, 0.2) is 66.7 Å². The average Bonchev–Trinajstić information content (AvgIpc) is 2.72. The van der Waals surface area contributed by atoms with Crippen molar-refractivity contribution in [2.24, 2.45) is 0 Å². The predicted molar refractivity (Wildman–Crippen MR) is 112 cm³/mol. The second kappa shape index (κ2) is 9.78. The van der Waals surface area contributed by atoms with Crippen LogP contribution in [0.4, 0.5) is 26.3 Å². The summed E-state index contributed by atoms with van der Waals surface area (Å²) < 4.78 is 80.3. The molecule has 32 heavy (non-hydrogen) atoms. The van der Waals surface area contributed by atoms with E-state index in [1.165, 1.54) is 17.7 Å². The second-order valence-electron chi connectivity index (χ2n) is 7.06. The lowest BCUT2D eigenvalue weighted by molar-refractivity contribution is -0.142. The number of hydrogen-bond donors (Lipinski definition) is 0. The van der Waals surface area contributed by atoms with Gasteiger partial charge in [-0.2, -0.15) is 13.2 Å². The first kappa shape index (κ1) is 23.2. The van der Waals surface area contributed by atoms with Crippen molar-refractivity contribution < 1.29 is 26.3 Å². The fourth-order valence-corrected chi connectivity index (χ4v) is 3.14. The first-order valence-electron chi connectivity index (χ1n) is 9.77. The largest absolute Gasteiger partial charge is 0.422 e. The SMILES string of the molecule is C/C=C/CCc1ccc(C#Cc2ccc(-c3cc(F)c(C(F)(F)F)c(F)c3)c(F)c2)cc1. The third-order valence-electron chi connectivity index (χ3n) is 4.75. The molecule has 0 aliphatic rings. The van der Waals surface area contributed by atoms with Crippen molar-refractivity contribution in [3.63, 3.8) is 0 Å². The van der Waals surface area contributed by atoms with Crippen LogP contribution in [0.1, 0.15) is 35.6 Å². The molecule has 0 atom stereocenters. The molecule has 0 radical (unpaired) electrons. The summed E-state index contributed by atoms with van der Waals surface area (Å²) in [6.07, 6.45) is 0.749. The summed E-state index contributed by atoms with van der Waals surface area (Å²) in [4.78, 5) is 0. The van der Waals surface area contributed by atoms with E-state index in [-0.39, 0.29) is 11.1 Å². The Morgan fingerprint density at radius 2 is 1.38 bits per heavy atom. The van der Waals surface area contributed by atoms with Crippen LogP contribution in [0, 0.1) is 29.3 Å². The molecule has 164 valence electrons. The Labute approximate surface area is 182 Å². The lowest BCUT2D eigenvalue weighted by Gasteiger charge is -2.11. The topological polar surface area (TPSA) is 0 Å². The number of alkyl halides is 3. The van der Waals surface area contributed by atoms with Crippen LogP contribution in [0.5, 0.6) is 0 Å². The van der Waals surface area contributed by atoms with E-state index in [2.05, 4.69) is 17.9 Å². The maximum atomic E-state index is 14.5. The lowest BCUT2D eigenvalue weighted by Crippen LogP contribution is -2.11. The molecule has 0 fully saturated rings. The number of allylic oxidation sites excluding steroid dienone is 2. The van der Waals surface area contributed by atoms with E-state index in [4.69, 9.17) is 0 Å². The van der Waals surface area contributed by atoms with Gasteiger partial charge in [-0.1, -0.05) is 42.2 Å². The Morgan fingerprint density at radius 1 is 0.781 bits per heavy atom. The van der Waals surface area contributed by atoms with Gasteiger partial charge in [-0.25, -0.2) is 13.2 Å². The minimum atomic E-state index is -5.19. The van der Waals surface area contributed by atoms with Gasteiger partial charge in [-0.15, -0.1) is 0 Å². The molecule has 0 amide bonds. The van der Waals surface area contributed by atoms with Crippen LogP contribution in [-0.2, 0) is 12.6 Å². The van der Waals surface area contributed by atoms with Gasteiger partial charge < -0.3 is 0 Å². The van der Waals surface area contributed by atoms with Crippen LogP contribution in [0.3, 0.4) is 0 Å². The van der Waals surface area contributed by atoms with Crippen molar-refractivity contribution in [2.45, 2.75) is 25.9 Å². The molecule has 0 aromatic heterocycles. The first-order valence-corrected chi connectivity index (χ1v) is 9.77. The van der Waals surface area contributed by atoms with Crippen molar-refractivity contribution in [1.29, 1.82) is 0 Å². The summed E-state index contributed by atoms with van der Waals surface area (Å²) in [5.74, 6) is 1.26. The minimum absolute atomic E-state index is 0.229. The maximum Gasteiger partial charge on any atom is 0.422 e. The smallest absolute Gasteiger partial charge is 0.206 e. The van der Waals surface area contributed by atoms with E-state index in [0.717, 1.165) is 24.5 Å². The molecule has 3 aromatic carbocycles. The lowest BCUT2D eigenvalue weighted by atomic mass is 10.0. The predicted octanol–water partition coefficient (Wildman–Crippen LogP) is 7.70. The van der Waals surface area contributed by atoms with E-state index < -0.39 is 29.2 Å². The monoisotopic (exact) mass is 444 g/mol. The van der Waals surface area contributed by atoms with Crippen LogP contribution in [0.25, 0.3) is 11.1 Å². The zero-order valence-electron chi connectivity index (χ0n) is 17.0. The van der Waals surface area contributed by atoms with Crippen molar-refractivity contribution in [2.75, 3.05) is 0 Å². The third kappa shape index (κ3) is 5.61. The van der Waals surface area contributed by atoms with Gasteiger partial charge in [0.25, 0.3) is 0 Å². The van der Waals surface area contributed by atoms with Crippen LogP contribution in [-0.4, -0.2) is 0 Å². The molecule has 0 saturated carbocycles. The Hall–Kier alpha value is -3.46. The number of hydrogen-bond acceptors (Lipinski definition) is 0. The van der Waals surface area contributed by atoms with E-state index in [1.54, 1.807) is 0 Å². The van der Waals surface area contributed by atoms with Crippen molar-refractivity contribution in [1.82, 2.24) is 0 Å². The number of halogens is 6. The Kier molecular flexibility index (Phi) is 7.09. The van der Waals surface area contributed by atoms with Crippen molar-refractivity contribution in [3.05, 3.63) is 106 Å². The number of benzene rings is 3. The van der Waals surface area contributed by atoms with Crippen molar-refractivity contribution >= 4 is 0 Å². The van der Waals surface area contributed by atoms with Gasteiger partial charge in [0.05, 0.1) is 0 Å². The summed E-state index contributed by atoms with van der Waals surface area (Å²) in [6.45, 7) is 1.97. The van der Waals surface area contributed by atoms with Gasteiger partial charge in [-0.3, -0.25) is 0 Å². The summed E-state index contributed by atoms with van der Waals surface area (Å²) in [5, 5.41) is 0. The van der Waals surface area contributed by atoms with Crippen molar-refractivity contribution in [3.8, 4) is 23.0 Å². The van der Waals surface area contributed by atoms with E-state index in [9.17, 15) is 26.3 Å². The van der Waals surface area contributed by atoms with Gasteiger partial charge in [0.2, 0.25) is 0 Å². The normalized spacial score (nSPS) is 11.5. The molecule has 3 rings (SSSR count). The molecule has 0 N–H and O–H groups in total. The van der Waals surface area contributed by atoms with Crippen LogP contribution in [0.2, 0.25) is 0 Å². The summed E-state index contributed by atoms with van der Waals surface area (Å²) in [7, 11) is 0.